The number of aliphatic hydroxyl groups is 1. The quantitative estimate of drug-likeness (QED) is 0.818. The van der Waals surface area contributed by atoms with E-state index < -0.39 is 0 Å². The van der Waals surface area contributed by atoms with E-state index in [9.17, 15) is 4.79 Å². The number of thioether (sulfide) groups is 1. The Morgan fingerprint density at radius 3 is 2.76 bits per heavy atom. The number of ether oxygens (including phenoxy) is 1. The van der Waals surface area contributed by atoms with Gasteiger partial charge in [-0.1, -0.05) is 18.2 Å². The molecule has 116 valence electrons. The molecule has 0 unspecified atom stereocenters. The molecular weight excluding hydrogens is 286 g/mol. The summed E-state index contributed by atoms with van der Waals surface area (Å²) in [5.41, 5.74) is 1.21. The molecule has 1 aliphatic heterocycles. The number of hydrogen-bond acceptors (Lipinski definition) is 4. The van der Waals surface area contributed by atoms with Crippen LogP contribution in [-0.2, 0) is 9.53 Å². The molecule has 1 amide bonds. The zero-order chi connectivity index (χ0) is 15.1. The van der Waals surface area contributed by atoms with E-state index in [0.717, 1.165) is 25.9 Å². The van der Waals surface area contributed by atoms with Crippen LogP contribution < -0.4 is 0 Å². The van der Waals surface area contributed by atoms with E-state index in [1.807, 2.05) is 17.0 Å². The first-order chi connectivity index (χ1) is 10.2. The molecule has 1 aromatic carbocycles. The average molecular weight is 309 g/mol. The molecule has 2 rings (SSSR count). The molecule has 1 N–H and O–H groups in total. The maximum atomic E-state index is 12.2. The first-order valence-corrected chi connectivity index (χ1v) is 8.38. The van der Waals surface area contributed by atoms with Gasteiger partial charge in [-0.2, -0.15) is 0 Å². The number of amides is 1. The number of piperidine rings is 1. The van der Waals surface area contributed by atoms with Crippen molar-refractivity contribution in [1.29, 1.82) is 0 Å². The Hall–Kier alpha value is -1.04. The van der Waals surface area contributed by atoms with Crippen LogP contribution in [0.4, 0.5) is 0 Å². The van der Waals surface area contributed by atoms with Gasteiger partial charge >= 0.3 is 0 Å². The molecule has 1 heterocycles. The van der Waals surface area contributed by atoms with Gasteiger partial charge in [-0.15, -0.1) is 11.8 Å². The first-order valence-electron chi connectivity index (χ1n) is 7.39. The summed E-state index contributed by atoms with van der Waals surface area (Å²) in [6.45, 7) is 4.03. The van der Waals surface area contributed by atoms with E-state index in [4.69, 9.17) is 9.84 Å². The van der Waals surface area contributed by atoms with Crippen LogP contribution in [0.25, 0.3) is 0 Å². The monoisotopic (exact) mass is 309 g/mol. The standard InChI is InChI=1S/C16H23NO3S/c1-13-4-2-3-5-15(13)21-12-16(19)17-8-6-14(7-9-17)20-11-10-18/h2-5,14,18H,6-12H2,1H3. The Morgan fingerprint density at radius 2 is 2.10 bits per heavy atom. The molecule has 1 aliphatic rings. The number of likely N-dealkylation sites (tertiary alicyclic amines) is 1. The number of carbonyl (C=O) groups is 1. The summed E-state index contributed by atoms with van der Waals surface area (Å²) < 4.78 is 5.51. The fourth-order valence-electron chi connectivity index (χ4n) is 2.44. The number of aryl methyl sites for hydroxylation is 1. The third-order valence-electron chi connectivity index (χ3n) is 3.68. The minimum absolute atomic E-state index is 0.0617. The molecule has 5 heteroatoms. The van der Waals surface area contributed by atoms with Gasteiger partial charge in [0, 0.05) is 18.0 Å². The van der Waals surface area contributed by atoms with Crippen molar-refractivity contribution >= 4 is 17.7 Å². The summed E-state index contributed by atoms with van der Waals surface area (Å²) in [6, 6.07) is 8.14. The highest BCUT2D eigenvalue weighted by atomic mass is 32.2. The summed E-state index contributed by atoms with van der Waals surface area (Å²) in [7, 11) is 0. The van der Waals surface area contributed by atoms with Crippen molar-refractivity contribution < 1.29 is 14.6 Å². The Morgan fingerprint density at radius 1 is 1.38 bits per heavy atom. The van der Waals surface area contributed by atoms with Crippen LogP contribution in [0.3, 0.4) is 0 Å². The molecule has 0 aromatic heterocycles. The molecule has 1 aromatic rings. The van der Waals surface area contributed by atoms with Gasteiger partial charge in [0.15, 0.2) is 0 Å². The molecule has 1 saturated heterocycles. The lowest BCUT2D eigenvalue weighted by molar-refractivity contribution is -0.131. The predicted octanol–water partition coefficient (Wildman–Crippen LogP) is 2.09. The maximum absolute atomic E-state index is 12.2. The maximum Gasteiger partial charge on any atom is 0.232 e. The third-order valence-corrected chi connectivity index (χ3v) is 4.84. The molecule has 0 bridgehead atoms. The molecule has 1 fully saturated rings. The largest absolute Gasteiger partial charge is 0.394 e. The SMILES string of the molecule is Cc1ccccc1SCC(=O)N1CCC(OCCO)CC1. The second-order valence-electron chi connectivity index (χ2n) is 5.23. The molecule has 4 nitrogen and oxygen atoms in total. The minimum atomic E-state index is 0.0617. The zero-order valence-corrected chi connectivity index (χ0v) is 13.3. The summed E-state index contributed by atoms with van der Waals surface area (Å²) in [5.74, 6) is 0.691. The number of hydrogen-bond donors (Lipinski definition) is 1. The summed E-state index contributed by atoms with van der Waals surface area (Å²) in [5, 5.41) is 8.75. The van der Waals surface area contributed by atoms with Crippen molar-refractivity contribution in [3.05, 3.63) is 29.8 Å². The average Bonchev–Trinajstić information content (AvgIpc) is 2.52. The molecule has 0 atom stereocenters. The van der Waals surface area contributed by atoms with E-state index in [1.54, 1.807) is 11.8 Å². The molecule has 21 heavy (non-hydrogen) atoms. The molecule has 0 spiro atoms. The van der Waals surface area contributed by atoms with Crippen molar-refractivity contribution in [3.8, 4) is 0 Å². The lowest BCUT2D eigenvalue weighted by Crippen LogP contribution is -2.41. The topological polar surface area (TPSA) is 49.8 Å². The Labute approximate surface area is 130 Å². The van der Waals surface area contributed by atoms with Crippen LogP contribution in [0.1, 0.15) is 18.4 Å². The Balaban J connectivity index is 1.74. The van der Waals surface area contributed by atoms with E-state index in [1.165, 1.54) is 10.5 Å². The fourth-order valence-corrected chi connectivity index (χ4v) is 3.37. The summed E-state index contributed by atoms with van der Waals surface area (Å²) in [4.78, 5) is 15.3. The van der Waals surface area contributed by atoms with E-state index in [2.05, 4.69) is 19.1 Å². The second-order valence-corrected chi connectivity index (χ2v) is 6.25. The Kier molecular flexibility index (Phi) is 6.54. The van der Waals surface area contributed by atoms with Gasteiger partial charge in [0.1, 0.15) is 0 Å². The van der Waals surface area contributed by atoms with Gasteiger partial charge in [-0.25, -0.2) is 0 Å². The number of nitrogens with zero attached hydrogens (tertiary/aromatic N) is 1. The van der Waals surface area contributed by atoms with E-state index in [-0.39, 0.29) is 18.6 Å². The third kappa shape index (κ3) is 5.02. The van der Waals surface area contributed by atoms with Gasteiger partial charge < -0.3 is 14.7 Å². The fraction of sp³-hybridized carbons (Fsp3) is 0.562. The highest BCUT2D eigenvalue weighted by Crippen LogP contribution is 2.23. The van der Waals surface area contributed by atoms with E-state index >= 15 is 0 Å². The van der Waals surface area contributed by atoms with Crippen molar-refractivity contribution in [3.63, 3.8) is 0 Å². The number of rotatable bonds is 6. The van der Waals surface area contributed by atoms with Gasteiger partial charge in [0.25, 0.3) is 0 Å². The van der Waals surface area contributed by atoms with Crippen LogP contribution in [-0.4, -0.2) is 54.1 Å². The minimum Gasteiger partial charge on any atom is -0.394 e. The van der Waals surface area contributed by atoms with E-state index in [0.29, 0.717) is 12.4 Å². The molecule has 0 radical (unpaired) electrons. The van der Waals surface area contributed by atoms with Gasteiger partial charge in [-0.05, 0) is 31.4 Å². The molecular formula is C16H23NO3S. The highest BCUT2D eigenvalue weighted by molar-refractivity contribution is 8.00. The van der Waals surface area contributed by atoms with Crippen molar-refractivity contribution in [2.45, 2.75) is 30.8 Å². The van der Waals surface area contributed by atoms with Gasteiger partial charge in [0.2, 0.25) is 5.91 Å². The highest BCUT2D eigenvalue weighted by Gasteiger charge is 2.23. The van der Waals surface area contributed by atoms with Crippen LogP contribution in [0.2, 0.25) is 0 Å². The van der Waals surface area contributed by atoms with Crippen LogP contribution in [0.15, 0.2) is 29.2 Å². The number of benzene rings is 1. The number of carbonyl (C=O) groups excluding carboxylic acids is 1. The smallest absolute Gasteiger partial charge is 0.232 e. The summed E-state index contributed by atoms with van der Waals surface area (Å²) in [6.07, 6.45) is 1.91. The summed E-state index contributed by atoms with van der Waals surface area (Å²) >= 11 is 1.61. The van der Waals surface area contributed by atoms with Crippen LogP contribution in [0.5, 0.6) is 0 Å². The lowest BCUT2D eigenvalue weighted by Gasteiger charge is -2.31. The molecule has 0 aliphatic carbocycles. The van der Waals surface area contributed by atoms with Crippen molar-refractivity contribution in [2.75, 3.05) is 32.1 Å². The Bertz CT molecular complexity index is 459. The first kappa shape index (κ1) is 16.3. The molecule has 0 saturated carbocycles. The predicted molar refractivity (Wildman–Crippen MR) is 84.5 cm³/mol. The van der Waals surface area contributed by atoms with Crippen LogP contribution in [0, 0.1) is 6.92 Å². The van der Waals surface area contributed by atoms with Crippen molar-refractivity contribution in [1.82, 2.24) is 4.90 Å². The van der Waals surface area contributed by atoms with Gasteiger partial charge in [0.05, 0.1) is 25.1 Å². The van der Waals surface area contributed by atoms with Gasteiger partial charge in [-0.3, -0.25) is 4.79 Å². The number of aliphatic hydroxyl groups excluding tert-OH is 1. The lowest BCUT2D eigenvalue weighted by atomic mass is 10.1. The second kappa shape index (κ2) is 8.41. The zero-order valence-electron chi connectivity index (χ0n) is 12.5. The normalized spacial score (nSPS) is 16.2. The van der Waals surface area contributed by atoms with Crippen LogP contribution >= 0.6 is 11.8 Å². The van der Waals surface area contributed by atoms with Crippen molar-refractivity contribution in [2.24, 2.45) is 0 Å².